The van der Waals surface area contributed by atoms with Crippen LogP contribution in [-0.2, 0) is 9.59 Å². The van der Waals surface area contributed by atoms with Crippen LogP contribution in [0.5, 0.6) is 5.75 Å². The number of methoxy groups -OCH3 is 1. The van der Waals surface area contributed by atoms with Crippen LogP contribution in [0.2, 0.25) is 0 Å². The number of ether oxygens (including phenoxy) is 1. The fourth-order valence-corrected chi connectivity index (χ4v) is 6.19. The van der Waals surface area contributed by atoms with Gasteiger partial charge in [0.05, 0.1) is 12.5 Å². The fourth-order valence-electron chi connectivity index (χ4n) is 6.19. The summed E-state index contributed by atoms with van der Waals surface area (Å²) in [7, 11) is 1.57. The van der Waals surface area contributed by atoms with Crippen LogP contribution < -0.4 is 20.3 Å². The van der Waals surface area contributed by atoms with Crippen molar-refractivity contribution < 1.29 is 14.3 Å². The van der Waals surface area contributed by atoms with Crippen molar-refractivity contribution >= 4 is 35.0 Å². The first-order chi connectivity index (χ1) is 18.5. The van der Waals surface area contributed by atoms with Gasteiger partial charge in [0, 0.05) is 92.0 Å². The van der Waals surface area contributed by atoms with Gasteiger partial charge < -0.3 is 30.6 Å². The second-order valence-corrected chi connectivity index (χ2v) is 10.4. The van der Waals surface area contributed by atoms with E-state index < -0.39 is 5.41 Å². The zero-order chi connectivity index (χ0) is 26.7. The molecular formula is C29H36N6O3. The van der Waals surface area contributed by atoms with Crippen molar-refractivity contribution in [2.24, 2.45) is 17.1 Å². The summed E-state index contributed by atoms with van der Waals surface area (Å²) in [5.74, 6) is 1.00. The number of hydrogen-bond donors (Lipinski definition) is 2. The molecule has 5 rings (SSSR count). The summed E-state index contributed by atoms with van der Waals surface area (Å²) in [6, 6.07) is 9.61. The molecule has 0 aliphatic carbocycles. The van der Waals surface area contributed by atoms with E-state index in [0.717, 1.165) is 43.7 Å². The number of carbonyl (C=O) groups is 2. The highest BCUT2D eigenvalue weighted by Gasteiger charge is 2.49. The number of carbonyl (C=O) groups excluding carboxylic acids is 2. The zero-order valence-corrected chi connectivity index (χ0v) is 21.9. The molecule has 3 aliphatic heterocycles. The second-order valence-electron chi connectivity index (χ2n) is 10.4. The van der Waals surface area contributed by atoms with E-state index in [4.69, 9.17) is 15.9 Å². The van der Waals surface area contributed by atoms with E-state index >= 15 is 0 Å². The smallest absolute Gasteiger partial charge is 0.233 e. The maximum absolute atomic E-state index is 13.7. The first-order valence-electron chi connectivity index (χ1n) is 13.4. The SMILES string of the molecule is COc1cc(N2CCC3(CCN(C(=O)C4CCN(c5ccncc5)CC4)CC3)C2=O)ccc1/C(C=N)=C/N. The number of benzene rings is 1. The lowest BCUT2D eigenvalue weighted by molar-refractivity contribution is -0.141. The van der Waals surface area contributed by atoms with Gasteiger partial charge in [-0.1, -0.05) is 0 Å². The molecule has 0 bridgehead atoms. The third kappa shape index (κ3) is 4.73. The number of nitrogens with zero attached hydrogens (tertiary/aromatic N) is 4. The number of allylic oxidation sites excluding steroid dienone is 1. The number of anilines is 2. The predicted molar refractivity (Wildman–Crippen MR) is 148 cm³/mol. The molecule has 3 N–H and O–H groups in total. The van der Waals surface area contributed by atoms with E-state index in [1.807, 2.05) is 40.1 Å². The van der Waals surface area contributed by atoms with Gasteiger partial charge in [-0.2, -0.15) is 0 Å². The highest BCUT2D eigenvalue weighted by Crippen LogP contribution is 2.44. The van der Waals surface area contributed by atoms with Crippen LogP contribution in [0.4, 0.5) is 11.4 Å². The molecule has 1 spiro atoms. The minimum absolute atomic E-state index is 0.0531. The third-order valence-corrected chi connectivity index (χ3v) is 8.56. The molecule has 3 saturated heterocycles. The quantitative estimate of drug-likeness (QED) is 0.569. The number of pyridine rings is 1. The monoisotopic (exact) mass is 516 g/mol. The summed E-state index contributed by atoms with van der Waals surface area (Å²) in [6.07, 6.45) is 10.1. The van der Waals surface area contributed by atoms with Gasteiger partial charge in [0.1, 0.15) is 5.75 Å². The Bertz CT molecular complexity index is 1210. The molecule has 1 aromatic carbocycles. The van der Waals surface area contributed by atoms with Crippen LogP contribution >= 0.6 is 0 Å². The van der Waals surface area contributed by atoms with Gasteiger partial charge in [-0.3, -0.25) is 14.6 Å². The van der Waals surface area contributed by atoms with E-state index in [2.05, 4.69) is 9.88 Å². The second kappa shape index (κ2) is 10.8. The lowest BCUT2D eigenvalue weighted by Crippen LogP contribution is -2.49. The molecule has 9 heteroatoms. The van der Waals surface area contributed by atoms with Gasteiger partial charge in [-0.15, -0.1) is 0 Å². The van der Waals surface area contributed by atoms with Crippen molar-refractivity contribution in [3.63, 3.8) is 0 Å². The molecule has 38 heavy (non-hydrogen) atoms. The molecule has 0 atom stereocenters. The van der Waals surface area contributed by atoms with Crippen LogP contribution in [0.3, 0.4) is 0 Å². The Labute approximate surface area is 223 Å². The lowest BCUT2D eigenvalue weighted by atomic mass is 9.76. The molecule has 2 aromatic rings. The van der Waals surface area contributed by atoms with Crippen molar-refractivity contribution in [2.45, 2.75) is 32.1 Å². The average molecular weight is 517 g/mol. The largest absolute Gasteiger partial charge is 0.496 e. The molecule has 0 radical (unpaired) electrons. The van der Waals surface area contributed by atoms with E-state index in [0.29, 0.717) is 49.4 Å². The number of amides is 2. The van der Waals surface area contributed by atoms with Gasteiger partial charge in [-0.05, 0) is 56.4 Å². The number of likely N-dealkylation sites (tertiary alicyclic amines) is 1. The molecular weight excluding hydrogens is 480 g/mol. The standard InChI is InChI=1S/C29H36N6O3/c1-38-26-18-24(2-3-25(26)22(19-30)20-31)35-17-10-29(28(35)37)8-15-34(16-9-29)27(36)21-6-13-33(14-7-21)23-4-11-32-12-5-23/h2-5,11-12,18-21,30H,6-10,13-17,31H2,1H3/b22-20+,30-19?. The van der Waals surface area contributed by atoms with Crippen LogP contribution in [0, 0.1) is 16.7 Å². The zero-order valence-electron chi connectivity index (χ0n) is 21.9. The number of nitrogens with two attached hydrogens (primary N) is 1. The summed E-state index contributed by atoms with van der Waals surface area (Å²) in [6.45, 7) is 3.66. The maximum Gasteiger partial charge on any atom is 0.233 e. The van der Waals surface area contributed by atoms with Crippen molar-refractivity contribution in [3.8, 4) is 5.75 Å². The Hall–Kier alpha value is -3.88. The Balaban J connectivity index is 1.19. The van der Waals surface area contributed by atoms with Crippen LogP contribution in [-0.4, -0.2) is 67.7 Å². The number of piperidine rings is 2. The Morgan fingerprint density at radius 3 is 2.37 bits per heavy atom. The van der Waals surface area contributed by atoms with Gasteiger partial charge >= 0.3 is 0 Å². The summed E-state index contributed by atoms with van der Waals surface area (Å²) < 4.78 is 5.54. The highest BCUT2D eigenvalue weighted by atomic mass is 16.5. The minimum Gasteiger partial charge on any atom is -0.496 e. The summed E-state index contributed by atoms with van der Waals surface area (Å²) >= 11 is 0. The van der Waals surface area contributed by atoms with Crippen molar-refractivity contribution in [1.82, 2.24) is 9.88 Å². The maximum atomic E-state index is 13.7. The number of nitrogens with one attached hydrogen (secondary N) is 1. The van der Waals surface area contributed by atoms with Crippen molar-refractivity contribution in [3.05, 3.63) is 54.5 Å². The minimum atomic E-state index is -0.412. The fraction of sp³-hybridized carbons (Fsp3) is 0.448. The normalized spacial score (nSPS) is 20.2. The predicted octanol–water partition coefficient (Wildman–Crippen LogP) is 3.30. The summed E-state index contributed by atoms with van der Waals surface area (Å²) in [5.41, 5.74) is 8.46. The van der Waals surface area contributed by atoms with Gasteiger partial charge in [0.15, 0.2) is 0 Å². The number of hydrogen-bond acceptors (Lipinski definition) is 7. The van der Waals surface area contributed by atoms with Crippen LogP contribution in [0.25, 0.3) is 5.57 Å². The van der Waals surface area contributed by atoms with Crippen molar-refractivity contribution in [1.29, 1.82) is 5.41 Å². The molecule has 2 amide bonds. The van der Waals surface area contributed by atoms with Gasteiger partial charge in [0.25, 0.3) is 0 Å². The Kier molecular flexibility index (Phi) is 7.35. The van der Waals surface area contributed by atoms with Crippen LogP contribution in [0.1, 0.15) is 37.7 Å². The lowest BCUT2D eigenvalue weighted by Gasteiger charge is -2.40. The Morgan fingerprint density at radius 2 is 1.74 bits per heavy atom. The third-order valence-electron chi connectivity index (χ3n) is 8.56. The van der Waals surface area contributed by atoms with Crippen LogP contribution in [0.15, 0.2) is 48.9 Å². The summed E-state index contributed by atoms with van der Waals surface area (Å²) in [5, 5.41) is 7.58. The molecule has 3 aliphatic rings. The Morgan fingerprint density at radius 1 is 1.05 bits per heavy atom. The molecule has 0 unspecified atom stereocenters. The highest BCUT2D eigenvalue weighted by molar-refractivity contribution is 6.09. The van der Waals surface area contributed by atoms with Gasteiger partial charge in [-0.25, -0.2) is 0 Å². The first-order valence-corrected chi connectivity index (χ1v) is 13.4. The van der Waals surface area contributed by atoms with E-state index in [-0.39, 0.29) is 17.7 Å². The van der Waals surface area contributed by atoms with E-state index in [1.165, 1.54) is 12.4 Å². The molecule has 3 fully saturated rings. The molecule has 200 valence electrons. The van der Waals surface area contributed by atoms with Gasteiger partial charge in [0.2, 0.25) is 11.8 Å². The van der Waals surface area contributed by atoms with Crippen molar-refractivity contribution in [2.75, 3.05) is 49.6 Å². The summed E-state index contributed by atoms with van der Waals surface area (Å²) in [4.78, 5) is 37.2. The van der Waals surface area contributed by atoms with E-state index in [9.17, 15) is 9.59 Å². The number of rotatable bonds is 6. The molecule has 0 saturated carbocycles. The van der Waals surface area contributed by atoms with E-state index in [1.54, 1.807) is 19.5 Å². The first kappa shape index (κ1) is 25.8. The molecule has 1 aromatic heterocycles. The topological polar surface area (TPSA) is 116 Å². The molecule has 4 heterocycles. The number of aromatic nitrogens is 1. The average Bonchev–Trinajstić information content (AvgIpc) is 3.29. The molecule has 9 nitrogen and oxygen atoms in total.